The van der Waals surface area contributed by atoms with Crippen LogP contribution in [0, 0.1) is 0 Å². The largest absolute Gasteiger partial charge is 0.454 e. The molecule has 2 aromatic carbocycles. The summed E-state index contributed by atoms with van der Waals surface area (Å²) in [6.07, 6.45) is 1.59. The van der Waals surface area contributed by atoms with Crippen LogP contribution in [0.4, 0.5) is 0 Å². The molecule has 0 bridgehead atoms. The second kappa shape index (κ2) is 6.77. The third-order valence-electron chi connectivity index (χ3n) is 2.99. The average molecular weight is 403 g/mol. The van der Waals surface area contributed by atoms with Gasteiger partial charge in [-0.2, -0.15) is 0 Å². The highest BCUT2D eigenvalue weighted by molar-refractivity contribution is 9.10. The number of nitrogens with zero attached hydrogens (tertiary/aromatic N) is 1. The zero-order chi connectivity index (χ0) is 15.5. The molecular formula is C15H10BrCl2NO3. The third-order valence-corrected chi connectivity index (χ3v) is 4.27. The van der Waals surface area contributed by atoms with Crippen molar-refractivity contribution >= 4 is 45.3 Å². The molecule has 1 heterocycles. The van der Waals surface area contributed by atoms with Gasteiger partial charge in [0.1, 0.15) is 6.61 Å². The molecule has 0 aromatic heterocycles. The first-order chi connectivity index (χ1) is 10.6. The number of halogens is 3. The molecule has 0 aliphatic carbocycles. The summed E-state index contributed by atoms with van der Waals surface area (Å²) in [4.78, 5) is 5.27. The molecule has 0 spiro atoms. The zero-order valence-electron chi connectivity index (χ0n) is 11.2. The fraction of sp³-hybridized carbons (Fsp3) is 0.133. The fourth-order valence-corrected chi connectivity index (χ4v) is 2.76. The van der Waals surface area contributed by atoms with Crippen LogP contribution in [0.2, 0.25) is 10.0 Å². The average Bonchev–Trinajstić information content (AvgIpc) is 2.92. The van der Waals surface area contributed by atoms with Gasteiger partial charge in [0, 0.05) is 25.6 Å². The molecule has 1 aliphatic rings. The molecule has 0 amide bonds. The summed E-state index contributed by atoms with van der Waals surface area (Å²) in [6, 6.07) is 8.88. The predicted octanol–water partition coefficient (Wildman–Crippen LogP) is 5.04. The van der Waals surface area contributed by atoms with Crippen molar-refractivity contribution in [2.24, 2.45) is 5.16 Å². The summed E-state index contributed by atoms with van der Waals surface area (Å²) in [5.74, 6) is 1.39. The van der Waals surface area contributed by atoms with E-state index < -0.39 is 0 Å². The quantitative estimate of drug-likeness (QED) is 0.531. The van der Waals surface area contributed by atoms with Crippen LogP contribution in [0.1, 0.15) is 11.1 Å². The van der Waals surface area contributed by atoms with Gasteiger partial charge in [0.15, 0.2) is 11.5 Å². The van der Waals surface area contributed by atoms with E-state index in [-0.39, 0.29) is 13.4 Å². The Morgan fingerprint density at radius 1 is 1.18 bits per heavy atom. The molecular weight excluding hydrogens is 393 g/mol. The van der Waals surface area contributed by atoms with Crippen LogP contribution in [0.5, 0.6) is 11.5 Å². The van der Waals surface area contributed by atoms with Crippen molar-refractivity contribution in [3.05, 3.63) is 56.0 Å². The van der Waals surface area contributed by atoms with Gasteiger partial charge >= 0.3 is 0 Å². The van der Waals surface area contributed by atoms with Crippen molar-refractivity contribution in [3.63, 3.8) is 0 Å². The first-order valence-corrected chi connectivity index (χ1v) is 7.87. The lowest BCUT2D eigenvalue weighted by molar-refractivity contribution is 0.132. The molecule has 0 N–H and O–H groups in total. The highest BCUT2D eigenvalue weighted by Gasteiger charge is 2.15. The lowest BCUT2D eigenvalue weighted by Gasteiger charge is -2.04. The van der Waals surface area contributed by atoms with E-state index in [2.05, 4.69) is 21.1 Å². The van der Waals surface area contributed by atoms with Crippen LogP contribution in [0.15, 0.2) is 40.0 Å². The van der Waals surface area contributed by atoms with Crippen LogP contribution in [0.3, 0.4) is 0 Å². The number of hydrogen-bond donors (Lipinski definition) is 0. The molecule has 0 saturated carbocycles. The van der Waals surface area contributed by atoms with E-state index in [1.165, 1.54) is 0 Å². The molecule has 22 heavy (non-hydrogen) atoms. The molecule has 0 saturated heterocycles. The van der Waals surface area contributed by atoms with Crippen LogP contribution in [-0.4, -0.2) is 13.0 Å². The van der Waals surface area contributed by atoms with Gasteiger partial charge in [0.05, 0.1) is 6.21 Å². The highest BCUT2D eigenvalue weighted by Crippen LogP contribution is 2.36. The Kier molecular flexibility index (Phi) is 4.76. The smallest absolute Gasteiger partial charge is 0.231 e. The van der Waals surface area contributed by atoms with Gasteiger partial charge < -0.3 is 14.3 Å². The Balaban J connectivity index is 1.65. The highest BCUT2D eigenvalue weighted by atomic mass is 79.9. The van der Waals surface area contributed by atoms with Crippen molar-refractivity contribution in [1.29, 1.82) is 0 Å². The first kappa shape index (κ1) is 15.5. The van der Waals surface area contributed by atoms with Gasteiger partial charge in [-0.25, -0.2) is 0 Å². The Hall–Kier alpha value is -1.43. The third kappa shape index (κ3) is 3.48. The lowest BCUT2D eigenvalue weighted by atomic mass is 10.2. The minimum Gasteiger partial charge on any atom is -0.454 e. The van der Waals surface area contributed by atoms with Crippen molar-refractivity contribution < 1.29 is 14.3 Å². The number of benzene rings is 2. The summed E-state index contributed by atoms with van der Waals surface area (Å²) in [6.45, 7) is 0.489. The normalized spacial score (nSPS) is 12.9. The number of hydrogen-bond acceptors (Lipinski definition) is 4. The maximum Gasteiger partial charge on any atom is 0.231 e. The van der Waals surface area contributed by atoms with Gasteiger partial charge in [-0.1, -0.05) is 34.4 Å². The predicted molar refractivity (Wildman–Crippen MR) is 89.1 cm³/mol. The van der Waals surface area contributed by atoms with Crippen LogP contribution in [0.25, 0.3) is 0 Å². The molecule has 2 aromatic rings. The summed E-state index contributed by atoms with van der Waals surface area (Å²) < 4.78 is 11.4. The van der Waals surface area contributed by atoms with E-state index in [9.17, 15) is 0 Å². The fourth-order valence-electron chi connectivity index (χ4n) is 1.87. The van der Waals surface area contributed by atoms with E-state index in [0.29, 0.717) is 21.5 Å². The monoisotopic (exact) mass is 401 g/mol. The van der Waals surface area contributed by atoms with Gasteiger partial charge in [0.25, 0.3) is 0 Å². The van der Waals surface area contributed by atoms with Gasteiger partial charge in [-0.05, 0) is 40.2 Å². The summed E-state index contributed by atoms with van der Waals surface area (Å²) in [5.41, 5.74) is 1.64. The summed E-state index contributed by atoms with van der Waals surface area (Å²) in [7, 11) is 0. The van der Waals surface area contributed by atoms with E-state index in [1.54, 1.807) is 24.4 Å². The molecule has 4 nitrogen and oxygen atoms in total. The standard InChI is InChI=1S/C15H10BrCl2NO3/c16-12-5-15-14(20-8-21-15)3-10(12)6-19-22-7-9-1-2-11(17)4-13(9)18/h1-6H,7-8H2/b19-6+. The van der Waals surface area contributed by atoms with Crippen molar-refractivity contribution in [2.75, 3.05) is 6.79 Å². The Morgan fingerprint density at radius 2 is 1.95 bits per heavy atom. The van der Waals surface area contributed by atoms with Crippen LogP contribution < -0.4 is 9.47 Å². The topological polar surface area (TPSA) is 40.0 Å². The van der Waals surface area contributed by atoms with Crippen LogP contribution in [-0.2, 0) is 11.4 Å². The van der Waals surface area contributed by atoms with Gasteiger partial charge in [-0.3, -0.25) is 0 Å². The first-order valence-electron chi connectivity index (χ1n) is 6.32. The van der Waals surface area contributed by atoms with E-state index in [1.807, 2.05) is 12.1 Å². The van der Waals surface area contributed by atoms with Gasteiger partial charge in [0.2, 0.25) is 6.79 Å². The number of rotatable bonds is 4. The lowest BCUT2D eigenvalue weighted by Crippen LogP contribution is -1.93. The summed E-state index contributed by atoms with van der Waals surface area (Å²) in [5, 5.41) is 5.08. The number of fused-ring (bicyclic) bond motifs is 1. The Morgan fingerprint density at radius 3 is 2.73 bits per heavy atom. The molecule has 114 valence electrons. The molecule has 0 fully saturated rings. The molecule has 7 heteroatoms. The Bertz CT molecular complexity index is 737. The number of oxime groups is 1. The zero-order valence-corrected chi connectivity index (χ0v) is 14.3. The second-order valence-electron chi connectivity index (χ2n) is 4.47. The molecule has 3 rings (SSSR count). The molecule has 1 aliphatic heterocycles. The minimum atomic E-state index is 0.230. The van der Waals surface area contributed by atoms with Crippen molar-refractivity contribution in [3.8, 4) is 11.5 Å². The maximum atomic E-state index is 6.06. The van der Waals surface area contributed by atoms with E-state index in [4.69, 9.17) is 37.5 Å². The number of ether oxygens (including phenoxy) is 2. The summed E-state index contributed by atoms with van der Waals surface area (Å²) >= 11 is 15.3. The van der Waals surface area contributed by atoms with Crippen molar-refractivity contribution in [2.45, 2.75) is 6.61 Å². The second-order valence-corrected chi connectivity index (χ2v) is 6.17. The minimum absolute atomic E-state index is 0.230. The van der Waals surface area contributed by atoms with Gasteiger partial charge in [-0.15, -0.1) is 0 Å². The Labute approximate surface area is 145 Å². The SMILES string of the molecule is Clc1ccc(CO/N=C/c2cc3c(cc2Br)OCO3)c(Cl)c1. The molecule has 0 radical (unpaired) electrons. The van der Waals surface area contributed by atoms with Crippen LogP contribution >= 0.6 is 39.1 Å². The molecule has 0 unspecified atom stereocenters. The maximum absolute atomic E-state index is 6.06. The van der Waals surface area contributed by atoms with E-state index in [0.717, 1.165) is 15.6 Å². The van der Waals surface area contributed by atoms with E-state index >= 15 is 0 Å². The molecule has 0 atom stereocenters. The van der Waals surface area contributed by atoms with Crippen molar-refractivity contribution in [1.82, 2.24) is 0 Å².